The number of rotatable bonds is 6. The predicted molar refractivity (Wildman–Crippen MR) is 59.1 cm³/mol. The van der Waals surface area contributed by atoms with E-state index in [1.165, 1.54) is 0 Å². The van der Waals surface area contributed by atoms with Gasteiger partial charge in [-0.25, -0.2) is 0 Å². The molecule has 1 fully saturated rings. The Kier molecular flexibility index (Phi) is 5.30. The molecule has 17 heavy (non-hydrogen) atoms. The van der Waals surface area contributed by atoms with Gasteiger partial charge in [0, 0.05) is 0 Å². The van der Waals surface area contributed by atoms with Gasteiger partial charge < -0.3 is 30.3 Å². The fourth-order valence-electron chi connectivity index (χ4n) is 2.05. The van der Waals surface area contributed by atoms with Crippen LogP contribution in [0.3, 0.4) is 0 Å². The summed E-state index contributed by atoms with van der Waals surface area (Å²) in [4.78, 5) is 0. The zero-order valence-corrected chi connectivity index (χ0v) is 9.99. The van der Waals surface area contributed by atoms with Crippen LogP contribution in [-0.2, 0) is 4.74 Å². The Morgan fingerprint density at radius 3 is 2.41 bits per heavy atom. The Balaban J connectivity index is 2.60. The Labute approximate surface area is 100 Å². The summed E-state index contributed by atoms with van der Waals surface area (Å²) >= 11 is 0. The Morgan fingerprint density at radius 2 is 1.94 bits per heavy atom. The Hall–Kier alpha value is -0.240. The number of aliphatic hydroxyl groups excluding tert-OH is 4. The lowest BCUT2D eigenvalue weighted by atomic mass is 9.96. The van der Waals surface area contributed by atoms with Gasteiger partial charge in [0.25, 0.3) is 0 Å². The molecule has 0 saturated carbocycles. The second-order valence-corrected chi connectivity index (χ2v) is 4.54. The van der Waals surface area contributed by atoms with Gasteiger partial charge in [-0.3, -0.25) is 0 Å². The van der Waals surface area contributed by atoms with E-state index in [0.29, 0.717) is 6.42 Å². The van der Waals surface area contributed by atoms with Gasteiger partial charge in [-0.1, -0.05) is 26.2 Å². The van der Waals surface area contributed by atoms with Crippen LogP contribution in [0.1, 0.15) is 32.6 Å². The summed E-state index contributed by atoms with van der Waals surface area (Å²) in [5.41, 5.74) is 0. The second kappa shape index (κ2) is 6.08. The van der Waals surface area contributed by atoms with E-state index >= 15 is 0 Å². The molecule has 2 unspecified atom stereocenters. The Bertz CT molecular complexity index is 236. The molecule has 5 N–H and O–H groups in total. The van der Waals surface area contributed by atoms with Crippen LogP contribution >= 0.6 is 0 Å². The number of aliphatic hydroxyl groups is 5. The minimum Gasteiger partial charge on any atom is -0.394 e. The van der Waals surface area contributed by atoms with Crippen molar-refractivity contribution in [2.45, 2.75) is 62.8 Å². The summed E-state index contributed by atoms with van der Waals surface area (Å²) < 4.78 is 4.97. The van der Waals surface area contributed by atoms with Crippen molar-refractivity contribution < 1.29 is 30.3 Å². The third-order valence-electron chi connectivity index (χ3n) is 3.21. The van der Waals surface area contributed by atoms with Crippen LogP contribution in [0.15, 0.2) is 0 Å². The van der Waals surface area contributed by atoms with Crippen LogP contribution in [0, 0.1) is 0 Å². The summed E-state index contributed by atoms with van der Waals surface area (Å²) in [6, 6.07) is 0. The molecule has 0 aliphatic carbocycles. The van der Waals surface area contributed by atoms with E-state index in [4.69, 9.17) is 9.84 Å². The third-order valence-corrected chi connectivity index (χ3v) is 3.21. The van der Waals surface area contributed by atoms with Crippen LogP contribution in [0.4, 0.5) is 0 Å². The molecular weight excluding hydrogens is 228 g/mol. The predicted octanol–water partition coefficient (Wildman–Crippen LogP) is -1.27. The van der Waals surface area contributed by atoms with Gasteiger partial charge in [0.1, 0.15) is 24.4 Å². The van der Waals surface area contributed by atoms with Gasteiger partial charge in [0.05, 0.1) is 6.61 Å². The highest BCUT2D eigenvalue weighted by Crippen LogP contribution is 2.33. The molecule has 0 aromatic rings. The highest BCUT2D eigenvalue weighted by atomic mass is 16.7. The van der Waals surface area contributed by atoms with Crippen LogP contribution in [0.5, 0.6) is 0 Å². The molecule has 0 radical (unpaired) electrons. The number of hydrogen-bond acceptors (Lipinski definition) is 6. The van der Waals surface area contributed by atoms with Crippen LogP contribution in [-0.4, -0.2) is 62.3 Å². The molecule has 1 aliphatic rings. The molecular formula is C11H22O6. The molecule has 1 aliphatic heterocycles. The topological polar surface area (TPSA) is 110 Å². The van der Waals surface area contributed by atoms with E-state index in [1.54, 1.807) is 0 Å². The fraction of sp³-hybridized carbons (Fsp3) is 1.00. The molecule has 1 rings (SSSR count). The first-order valence-electron chi connectivity index (χ1n) is 6.02. The molecule has 0 aromatic heterocycles. The van der Waals surface area contributed by atoms with Crippen molar-refractivity contribution in [1.82, 2.24) is 0 Å². The molecule has 1 heterocycles. The van der Waals surface area contributed by atoms with E-state index in [-0.39, 0.29) is 6.42 Å². The average molecular weight is 250 g/mol. The molecule has 0 bridgehead atoms. The van der Waals surface area contributed by atoms with E-state index in [1.807, 2.05) is 6.92 Å². The lowest BCUT2D eigenvalue weighted by molar-refractivity contribution is -0.279. The maximum Gasteiger partial charge on any atom is 0.222 e. The standard InChI is InChI=1S/C11H22O6/c1-2-3-4-5-8(13)11(16)10(15)9(14)7(6-12)17-11/h7-10,12-16H,2-6H2,1H3/t7-,8?,9+,10-,11?/m1/s1. The first kappa shape index (κ1) is 14.8. The monoisotopic (exact) mass is 250 g/mol. The van der Waals surface area contributed by atoms with Gasteiger partial charge in [0.15, 0.2) is 0 Å². The van der Waals surface area contributed by atoms with Crippen molar-refractivity contribution in [1.29, 1.82) is 0 Å². The smallest absolute Gasteiger partial charge is 0.222 e. The van der Waals surface area contributed by atoms with Crippen molar-refractivity contribution in [3.8, 4) is 0 Å². The molecule has 6 nitrogen and oxygen atoms in total. The van der Waals surface area contributed by atoms with Gasteiger partial charge in [-0.15, -0.1) is 0 Å². The maximum atomic E-state index is 10.0. The molecule has 0 aromatic carbocycles. The minimum atomic E-state index is -2.19. The average Bonchev–Trinajstić information content (AvgIpc) is 2.55. The van der Waals surface area contributed by atoms with Gasteiger partial charge in [-0.05, 0) is 6.42 Å². The molecule has 0 amide bonds. The summed E-state index contributed by atoms with van der Waals surface area (Å²) in [5, 5.41) is 47.9. The van der Waals surface area contributed by atoms with E-state index in [0.717, 1.165) is 12.8 Å². The fourth-order valence-corrected chi connectivity index (χ4v) is 2.05. The normalized spacial score (nSPS) is 39.5. The first-order chi connectivity index (χ1) is 7.97. The minimum absolute atomic E-state index is 0.270. The highest BCUT2D eigenvalue weighted by Gasteiger charge is 2.56. The van der Waals surface area contributed by atoms with Gasteiger partial charge in [0.2, 0.25) is 5.79 Å². The summed E-state index contributed by atoms with van der Waals surface area (Å²) in [6.45, 7) is 1.48. The second-order valence-electron chi connectivity index (χ2n) is 4.54. The first-order valence-corrected chi connectivity index (χ1v) is 6.02. The maximum absolute atomic E-state index is 10.0. The van der Waals surface area contributed by atoms with Gasteiger partial charge >= 0.3 is 0 Å². The Morgan fingerprint density at radius 1 is 1.29 bits per heavy atom. The van der Waals surface area contributed by atoms with Crippen molar-refractivity contribution in [3.63, 3.8) is 0 Å². The van der Waals surface area contributed by atoms with Crippen LogP contribution in [0.2, 0.25) is 0 Å². The van der Waals surface area contributed by atoms with Crippen LogP contribution < -0.4 is 0 Å². The van der Waals surface area contributed by atoms with E-state index in [9.17, 15) is 20.4 Å². The molecule has 0 spiro atoms. The van der Waals surface area contributed by atoms with Crippen LogP contribution in [0.25, 0.3) is 0 Å². The zero-order valence-electron chi connectivity index (χ0n) is 9.99. The number of hydrogen-bond donors (Lipinski definition) is 5. The highest BCUT2D eigenvalue weighted by molar-refractivity contribution is 4.98. The van der Waals surface area contributed by atoms with E-state index < -0.39 is 36.8 Å². The largest absolute Gasteiger partial charge is 0.394 e. The zero-order chi connectivity index (χ0) is 13.1. The lowest BCUT2D eigenvalue weighted by Crippen LogP contribution is -2.52. The summed E-state index contributed by atoms with van der Waals surface area (Å²) in [5.74, 6) is -2.19. The molecule has 6 heteroatoms. The molecule has 5 atom stereocenters. The molecule has 102 valence electrons. The van der Waals surface area contributed by atoms with Crippen molar-refractivity contribution in [3.05, 3.63) is 0 Å². The number of unbranched alkanes of at least 4 members (excludes halogenated alkanes) is 2. The molecule has 1 saturated heterocycles. The van der Waals surface area contributed by atoms with Crippen molar-refractivity contribution in [2.24, 2.45) is 0 Å². The summed E-state index contributed by atoms with van der Waals surface area (Å²) in [6.07, 6.45) is -2.54. The number of ether oxygens (including phenoxy) is 1. The summed E-state index contributed by atoms with van der Waals surface area (Å²) in [7, 11) is 0. The van der Waals surface area contributed by atoms with E-state index in [2.05, 4.69) is 0 Å². The third kappa shape index (κ3) is 2.96. The van der Waals surface area contributed by atoms with Gasteiger partial charge in [-0.2, -0.15) is 0 Å². The quantitative estimate of drug-likeness (QED) is 0.376. The SMILES string of the molecule is CCCCCC(O)C1(O)O[C@H](CO)[C@H](O)[C@H]1O. The lowest BCUT2D eigenvalue weighted by Gasteiger charge is -2.31. The van der Waals surface area contributed by atoms with Crippen molar-refractivity contribution in [2.75, 3.05) is 6.61 Å². The van der Waals surface area contributed by atoms with Crippen molar-refractivity contribution >= 4 is 0 Å².